The van der Waals surface area contributed by atoms with Crippen LogP contribution in [-0.2, 0) is 0 Å². The summed E-state index contributed by atoms with van der Waals surface area (Å²) in [6.07, 6.45) is -9.09. The molecule has 0 saturated heterocycles. The van der Waals surface area contributed by atoms with Crippen LogP contribution in [-0.4, -0.2) is 24.1 Å². The van der Waals surface area contributed by atoms with Gasteiger partial charge in [-0.3, -0.25) is 5.73 Å². The Bertz CT molecular complexity index is 278. The van der Waals surface area contributed by atoms with Crippen LogP contribution >= 0.6 is 0 Å². The Morgan fingerprint density at radius 1 is 0.632 bits per heavy atom. The van der Waals surface area contributed by atoms with E-state index in [1.807, 2.05) is 0 Å². The van der Waals surface area contributed by atoms with Gasteiger partial charge in [-0.25, -0.2) is 0 Å². The minimum absolute atomic E-state index is 0.429. The van der Waals surface area contributed by atoms with E-state index in [1.165, 1.54) is 0 Å². The number of nitrogens with two attached hydrogens (primary N) is 1. The Morgan fingerprint density at radius 2 is 1.05 bits per heavy atom. The summed E-state index contributed by atoms with van der Waals surface area (Å²) in [6.45, 7) is 0. The maximum Gasteiger partial charge on any atom is 0.389 e. The van der Waals surface area contributed by atoms with Crippen molar-refractivity contribution < 1.29 is 39.5 Å². The molecule has 0 rings (SSSR count). The van der Waals surface area contributed by atoms with Crippen molar-refractivity contribution in [3.05, 3.63) is 0 Å². The van der Waals surface area contributed by atoms with Gasteiger partial charge in [0, 0.05) is 12.8 Å². The van der Waals surface area contributed by atoms with Crippen LogP contribution in [0.15, 0.2) is 0 Å². The number of hydrogen-bond donors (Lipinski definition) is 1. The van der Waals surface area contributed by atoms with Gasteiger partial charge >= 0.3 is 24.1 Å². The fourth-order valence-electron chi connectivity index (χ4n) is 1.25. The van der Waals surface area contributed by atoms with Crippen LogP contribution in [0.5, 0.6) is 0 Å². The van der Waals surface area contributed by atoms with Crippen molar-refractivity contribution >= 4 is 0 Å². The molecule has 0 atom stereocenters. The number of alkyl halides is 9. The van der Waals surface area contributed by atoms with Crippen LogP contribution in [0.3, 0.4) is 0 Å². The lowest BCUT2D eigenvalue weighted by atomic mass is 10.0. The maximum atomic E-state index is 12.8. The Balaban J connectivity index is 4.26. The summed E-state index contributed by atoms with van der Waals surface area (Å²) in [4.78, 5) is 0. The summed E-state index contributed by atoms with van der Waals surface area (Å²) < 4.78 is 110. The van der Waals surface area contributed by atoms with Gasteiger partial charge in [-0.1, -0.05) is 6.42 Å². The molecule has 0 saturated carbocycles. The van der Waals surface area contributed by atoms with Crippen LogP contribution in [0.2, 0.25) is 0 Å². The summed E-state index contributed by atoms with van der Waals surface area (Å²) in [5, 5.41) is 0. The zero-order chi connectivity index (χ0) is 15.5. The van der Waals surface area contributed by atoms with Gasteiger partial charge in [0.05, 0.1) is 0 Å². The lowest BCUT2D eigenvalue weighted by Gasteiger charge is -2.30. The van der Waals surface area contributed by atoms with E-state index in [2.05, 4.69) is 5.73 Å². The first kappa shape index (κ1) is 18.3. The van der Waals surface area contributed by atoms with Crippen LogP contribution in [0.1, 0.15) is 32.1 Å². The fraction of sp³-hybridized carbons (Fsp3) is 1.00. The smallest absolute Gasteiger partial charge is 0.267 e. The minimum Gasteiger partial charge on any atom is -0.267 e. The monoisotopic (exact) mass is 305 g/mol. The van der Waals surface area contributed by atoms with Crippen LogP contribution in [0, 0.1) is 0 Å². The third kappa shape index (κ3) is 5.45. The molecule has 0 aromatic carbocycles. The third-order valence-corrected chi connectivity index (χ3v) is 2.33. The maximum absolute atomic E-state index is 12.8. The van der Waals surface area contributed by atoms with Crippen molar-refractivity contribution in [2.24, 2.45) is 5.73 Å². The molecule has 0 radical (unpaired) electrons. The van der Waals surface area contributed by atoms with Crippen molar-refractivity contribution in [3.63, 3.8) is 0 Å². The van der Waals surface area contributed by atoms with E-state index in [4.69, 9.17) is 0 Å². The second-order valence-corrected chi connectivity index (χ2v) is 4.08. The molecule has 19 heavy (non-hydrogen) atoms. The molecule has 0 aromatic heterocycles. The van der Waals surface area contributed by atoms with Crippen LogP contribution < -0.4 is 5.73 Å². The van der Waals surface area contributed by atoms with E-state index in [1.54, 1.807) is 0 Å². The van der Waals surface area contributed by atoms with Crippen LogP contribution in [0.4, 0.5) is 39.5 Å². The fourth-order valence-corrected chi connectivity index (χ4v) is 1.25. The molecule has 1 nitrogen and oxygen atoms in total. The standard InChI is InChI=1S/C9H12F9N/c10-6(11,8(15,16)9(17,18)19)4-2-1-3-5-7(12,13)14/h1-5,19H2. The van der Waals surface area contributed by atoms with Crippen molar-refractivity contribution in [3.8, 4) is 0 Å². The first-order chi connectivity index (χ1) is 8.21. The number of unbranched alkanes of at least 4 members (excludes halogenated alkanes) is 2. The summed E-state index contributed by atoms with van der Waals surface area (Å²) in [6, 6.07) is -5.40. The summed E-state index contributed by atoms with van der Waals surface area (Å²) in [7, 11) is 0. The molecule has 2 N–H and O–H groups in total. The molecule has 116 valence electrons. The lowest BCUT2D eigenvalue weighted by Crippen LogP contribution is -2.58. The Kier molecular flexibility index (Phi) is 5.56. The molecule has 0 bridgehead atoms. The molecule has 0 heterocycles. The highest BCUT2D eigenvalue weighted by Crippen LogP contribution is 2.45. The molecule has 0 unspecified atom stereocenters. The first-order valence-electron chi connectivity index (χ1n) is 5.20. The van der Waals surface area contributed by atoms with E-state index in [0.717, 1.165) is 0 Å². The highest BCUT2D eigenvalue weighted by Gasteiger charge is 2.69. The Labute approximate surface area is 102 Å². The van der Waals surface area contributed by atoms with Gasteiger partial charge in [0.1, 0.15) is 0 Å². The molecular weight excluding hydrogens is 293 g/mol. The van der Waals surface area contributed by atoms with Crippen molar-refractivity contribution in [1.82, 2.24) is 0 Å². The minimum atomic E-state index is -5.75. The summed E-state index contributed by atoms with van der Waals surface area (Å²) in [5.74, 6) is -10.8. The predicted octanol–water partition coefficient (Wildman–Crippen LogP) is 4.32. The van der Waals surface area contributed by atoms with Crippen molar-refractivity contribution in [1.29, 1.82) is 0 Å². The highest BCUT2D eigenvalue weighted by molar-refractivity contribution is 4.92. The quantitative estimate of drug-likeness (QED) is 0.423. The second-order valence-electron chi connectivity index (χ2n) is 4.08. The molecule has 0 amide bonds. The van der Waals surface area contributed by atoms with E-state index in [0.29, 0.717) is 0 Å². The normalized spacial score (nSPS) is 14.8. The van der Waals surface area contributed by atoms with Crippen LogP contribution in [0.25, 0.3) is 0 Å². The average Bonchev–Trinajstić information content (AvgIpc) is 2.12. The van der Waals surface area contributed by atoms with E-state index < -0.39 is 56.2 Å². The van der Waals surface area contributed by atoms with Gasteiger partial charge in [0.2, 0.25) is 0 Å². The molecule has 0 aliphatic carbocycles. The van der Waals surface area contributed by atoms with Gasteiger partial charge < -0.3 is 0 Å². The number of rotatable bonds is 7. The third-order valence-electron chi connectivity index (χ3n) is 2.33. The van der Waals surface area contributed by atoms with Gasteiger partial charge in [-0.05, 0) is 12.8 Å². The van der Waals surface area contributed by atoms with Gasteiger partial charge in [-0.2, -0.15) is 39.5 Å². The molecule has 10 heteroatoms. The highest BCUT2D eigenvalue weighted by atomic mass is 19.4. The van der Waals surface area contributed by atoms with Gasteiger partial charge in [-0.15, -0.1) is 0 Å². The zero-order valence-corrected chi connectivity index (χ0v) is 9.51. The van der Waals surface area contributed by atoms with Crippen molar-refractivity contribution in [2.75, 3.05) is 0 Å². The summed E-state index contributed by atoms with van der Waals surface area (Å²) in [5.41, 5.74) is 3.67. The molecule has 0 spiro atoms. The average molecular weight is 305 g/mol. The predicted molar refractivity (Wildman–Crippen MR) is 48.2 cm³/mol. The Morgan fingerprint density at radius 3 is 1.42 bits per heavy atom. The molecular formula is C9H12F9N. The number of hydrogen-bond acceptors (Lipinski definition) is 1. The lowest BCUT2D eigenvalue weighted by molar-refractivity contribution is -0.308. The largest absolute Gasteiger partial charge is 0.389 e. The molecule has 0 aromatic rings. The SMILES string of the molecule is NC(F)(F)C(F)(F)C(F)(F)CCCCCC(F)(F)F. The molecule has 0 fully saturated rings. The van der Waals surface area contributed by atoms with Gasteiger partial charge in [0.15, 0.2) is 0 Å². The van der Waals surface area contributed by atoms with E-state index >= 15 is 0 Å². The second kappa shape index (κ2) is 5.76. The molecule has 0 aliphatic heterocycles. The number of halogens is 9. The van der Waals surface area contributed by atoms with Crippen molar-refractivity contribution in [2.45, 2.75) is 56.2 Å². The molecule has 0 aliphatic rings. The van der Waals surface area contributed by atoms with E-state index in [9.17, 15) is 39.5 Å². The zero-order valence-electron chi connectivity index (χ0n) is 9.51. The summed E-state index contributed by atoms with van der Waals surface area (Å²) >= 11 is 0. The Hall–Kier alpha value is -0.670. The topological polar surface area (TPSA) is 26.0 Å². The van der Waals surface area contributed by atoms with E-state index in [-0.39, 0.29) is 0 Å². The van der Waals surface area contributed by atoms with Gasteiger partial charge in [0.25, 0.3) is 0 Å². The first-order valence-corrected chi connectivity index (χ1v) is 5.20.